The van der Waals surface area contributed by atoms with Gasteiger partial charge < -0.3 is 4.74 Å². The second-order valence-electron chi connectivity index (χ2n) is 4.05. The lowest BCUT2D eigenvalue weighted by Crippen LogP contribution is -2.08. The number of aromatic nitrogens is 2. The average Bonchev–Trinajstić information content (AvgIpc) is 2.46. The smallest absolute Gasteiger partial charge is 0.433 e. The van der Waals surface area contributed by atoms with Crippen molar-refractivity contribution >= 4 is 11.8 Å². The van der Waals surface area contributed by atoms with Gasteiger partial charge in [-0.1, -0.05) is 30.0 Å². The fourth-order valence-electron chi connectivity index (χ4n) is 1.63. The van der Waals surface area contributed by atoms with Crippen LogP contribution in [0.3, 0.4) is 0 Å². The molecule has 0 atom stereocenters. The van der Waals surface area contributed by atoms with Gasteiger partial charge in [0.2, 0.25) is 0 Å². The molecule has 2 aromatic rings. The largest absolute Gasteiger partial charge is 0.494 e. The van der Waals surface area contributed by atoms with Gasteiger partial charge in [0.05, 0.1) is 6.61 Å². The van der Waals surface area contributed by atoms with Crippen molar-refractivity contribution in [3.8, 4) is 5.75 Å². The maximum atomic E-state index is 12.6. The summed E-state index contributed by atoms with van der Waals surface area (Å²) in [5.41, 5.74) is -0.0385. The Morgan fingerprint density at radius 3 is 2.67 bits per heavy atom. The van der Waals surface area contributed by atoms with Gasteiger partial charge in [-0.25, -0.2) is 9.97 Å². The Labute approximate surface area is 124 Å². The molecule has 1 aromatic heterocycles. The number of hydrogen-bond acceptors (Lipinski definition) is 4. The third kappa shape index (κ3) is 4.35. The second-order valence-corrected chi connectivity index (χ2v) is 4.99. The van der Waals surface area contributed by atoms with Gasteiger partial charge in [0.15, 0.2) is 5.16 Å². The summed E-state index contributed by atoms with van der Waals surface area (Å²) in [5, 5.41) is 0.0936. The van der Waals surface area contributed by atoms with Gasteiger partial charge in [-0.2, -0.15) is 13.2 Å². The molecule has 0 unspecified atom stereocenters. The first-order valence-corrected chi connectivity index (χ1v) is 7.23. The predicted octanol–water partition coefficient (Wildman–Crippen LogP) is 4.19. The van der Waals surface area contributed by atoms with Crippen LogP contribution in [-0.4, -0.2) is 16.6 Å². The third-order valence-corrected chi connectivity index (χ3v) is 3.46. The first-order valence-electron chi connectivity index (χ1n) is 6.24. The molecule has 1 heterocycles. The number of halogens is 3. The molecule has 0 aliphatic carbocycles. The summed E-state index contributed by atoms with van der Waals surface area (Å²) < 4.78 is 43.2. The molecule has 0 N–H and O–H groups in total. The van der Waals surface area contributed by atoms with Gasteiger partial charge in [0, 0.05) is 17.5 Å². The zero-order valence-corrected chi connectivity index (χ0v) is 12.0. The molecule has 21 heavy (non-hydrogen) atoms. The summed E-state index contributed by atoms with van der Waals surface area (Å²) in [6.07, 6.45) is -3.34. The van der Waals surface area contributed by atoms with Gasteiger partial charge >= 0.3 is 6.18 Å². The number of ether oxygens (including phenoxy) is 1. The molecule has 0 aliphatic heterocycles. The molecule has 0 radical (unpaired) electrons. The fourth-order valence-corrected chi connectivity index (χ4v) is 2.45. The molecule has 0 spiro atoms. The van der Waals surface area contributed by atoms with Crippen molar-refractivity contribution < 1.29 is 17.9 Å². The van der Waals surface area contributed by atoms with Crippen LogP contribution in [0.1, 0.15) is 18.2 Å². The molecule has 3 nitrogen and oxygen atoms in total. The highest BCUT2D eigenvalue weighted by Crippen LogP contribution is 2.30. The van der Waals surface area contributed by atoms with Crippen LogP contribution in [0.2, 0.25) is 0 Å². The zero-order chi connectivity index (χ0) is 15.3. The number of hydrogen-bond donors (Lipinski definition) is 0. The monoisotopic (exact) mass is 314 g/mol. The minimum Gasteiger partial charge on any atom is -0.494 e. The summed E-state index contributed by atoms with van der Waals surface area (Å²) in [4.78, 5) is 7.38. The van der Waals surface area contributed by atoms with E-state index in [-0.39, 0.29) is 5.16 Å². The Bertz CT molecular complexity index is 605. The van der Waals surface area contributed by atoms with Crippen molar-refractivity contribution in [1.29, 1.82) is 0 Å². The fraction of sp³-hybridized carbons (Fsp3) is 0.286. The number of nitrogens with zero attached hydrogens (tertiary/aromatic N) is 2. The molecule has 7 heteroatoms. The molecular weight excluding hydrogens is 301 g/mol. The van der Waals surface area contributed by atoms with Crippen LogP contribution in [-0.2, 0) is 11.9 Å². The lowest BCUT2D eigenvalue weighted by Gasteiger charge is -2.10. The van der Waals surface area contributed by atoms with Crippen molar-refractivity contribution in [3.05, 3.63) is 47.8 Å². The van der Waals surface area contributed by atoms with E-state index in [1.54, 1.807) is 0 Å². The second kappa shape index (κ2) is 6.80. The Hall–Kier alpha value is -1.76. The summed E-state index contributed by atoms with van der Waals surface area (Å²) in [6.45, 7) is 2.40. The Balaban J connectivity index is 2.10. The maximum absolute atomic E-state index is 12.6. The van der Waals surface area contributed by atoms with Crippen molar-refractivity contribution in [3.63, 3.8) is 0 Å². The minimum atomic E-state index is -4.46. The maximum Gasteiger partial charge on any atom is 0.433 e. The number of rotatable bonds is 5. The van der Waals surface area contributed by atoms with E-state index in [1.165, 1.54) is 0 Å². The quantitative estimate of drug-likeness (QED) is 0.612. The van der Waals surface area contributed by atoms with Crippen LogP contribution in [0.4, 0.5) is 13.2 Å². The number of benzene rings is 1. The van der Waals surface area contributed by atoms with Crippen molar-refractivity contribution in [1.82, 2.24) is 9.97 Å². The van der Waals surface area contributed by atoms with Gasteiger partial charge in [0.25, 0.3) is 0 Å². The molecule has 0 fully saturated rings. The standard InChI is InChI=1S/C14H13F3N2OS/c1-2-20-11-6-4-3-5-10(11)9-21-13-18-8-7-12(19-13)14(15,16)17/h3-8H,2,9H2,1H3. The third-order valence-electron chi connectivity index (χ3n) is 2.55. The number of para-hydroxylation sites is 1. The van der Waals surface area contributed by atoms with Crippen molar-refractivity contribution in [2.45, 2.75) is 24.0 Å². The highest BCUT2D eigenvalue weighted by molar-refractivity contribution is 7.98. The number of alkyl halides is 3. The van der Waals surface area contributed by atoms with Crippen LogP contribution in [0.25, 0.3) is 0 Å². The highest BCUT2D eigenvalue weighted by Gasteiger charge is 2.32. The summed E-state index contributed by atoms with van der Waals surface area (Å²) in [7, 11) is 0. The Morgan fingerprint density at radius 2 is 1.95 bits per heavy atom. The van der Waals surface area contributed by atoms with E-state index >= 15 is 0 Å². The van der Waals surface area contributed by atoms with Crippen LogP contribution in [0, 0.1) is 0 Å². The Kier molecular flexibility index (Phi) is 5.06. The van der Waals surface area contributed by atoms with Crippen LogP contribution in [0.5, 0.6) is 5.75 Å². The normalized spacial score (nSPS) is 11.4. The molecule has 0 saturated carbocycles. The van der Waals surface area contributed by atoms with Crippen LogP contribution in [0.15, 0.2) is 41.7 Å². The predicted molar refractivity (Wildman–Crippen MR) is 74.2 cm³/mol. The molecule has 112 valence electrons. The van der Waals surface area contributed by atoms with Gasteiger partial charge in [0.1, 0.15) is 11.4 Å². The lowest BCUT2D eigenvalue weighted by molar-refractivity contribution is -0.141. The number of thioether (sulfide) groups is 1. The molecule has 2 rings (SSSR count). The van der Waals surface area contributed by atoms with E-state index in [0.29, 0.717) is 12.4 Å². The highest BCUT2D eigenvalue weighted by atomic mass is 32.2. The average molecular weight is 314 g/mol. The van der Waals surface area contributed by atoms with E-state index in [1.807, 2.05) is 31.2 Å². The Morgan fingerprint density at radius 1 is 1.19 bits per heavy atom. The van der Waals surface area contributed by atoms with Gasteiger partial charge in [-0.3, -0.25) is 0 Å². The minimum absolute atomic E-state index is 0.0936. The van der Waals surface area contributed by atoms with E-state index in [0.717, 1.165) is 35.3 Å². The topological polar surface area (TPSA) is 35.0 Å². The summed E-state index contributed by atoms with van der Waals surface area (Å²) in [6, 6.07) is 8.25. The molecular formula is C14H13F3N2OS. The molecule has 0 saturated heterocycles. The molecule has 0 amide bonds. The van der Waals surface area contributed by atoms with Crippen LogP contribution >= 0.6 is 11.8 Å². The first-order chi connectivity index (χ1) is 10.0. The van der Waals surface area contributed by atoms with Crippen molar-refractivity contribution in [2.75, 3.05) is 6.61 Å². The van der Waals surface area contributed by atoms with E-state index in [9.17, 15) is 13.2 Å². The lowest BCUT2D eigenvalue weighted by atomic mass is 10.2. The molecule has 1 aromatic carbocycles. The molecule has 0 bridgehead atoms. The van der Waals surface area contributed by atoms with Crippen LogP contribution < -0.4 is 4.74 Å². The van der Waals surface area contributed by atoms with E-state index in [4.69, 9.17) is 4.74 Å². The van der Waals surface area contributed by atoms with Gasteiger partial charge in [-0.05, 0) is 19.1 Å². The zero-order valence-electron chi connectivity index (χ0n) is 11.2. The van der Waals surface area contributed by atoms with E-state index < -0.39 is 11.9 Å². The van der Waals surface area contributed by atoms with Crippen molar-refractivity contribution in [2.24, 2.45) is 0 Å². The van der Waals surface area contributed by atoms with Gasteiger partial charge in [-0.15, -0.1) is 0 Å². The SMILES string of the molecule is CCOc1ccccc1CSc1nccc(C(F)(F)F)n1. The van der Waals surface area contributed by atoms with E-state index in [2.05, 4.69) is 9.97 Å². The summed E-state index contributed by atoms with van der Waals surface area (Å²) >= 11 is 1.14. The molecule has 0 aliphatic rings. The first kappa shape index (κ1) is 15.6. The summed E-state index contributed by atoms with van der Waals surface area (Å²) in [5.74, 6) is 1.16.